The summed E-state index contributed by atoms with van der Waals surface area (Å²) in [6, 6.07) is 7.79. The van der Waals surface area contributed by atoms with Crippen molar-refractivity contribution >= 4 is 5.91 Å². The number of hydrogen-bond donors (Lipinski definition) is 1. The summed E-state index contributed by atoms with van der Waals surface area (Å²) >= 11 is 0. The van der Waals surface area contributed by atoms with Gasteiger partial charge in [0.15, 0.2) is 0 Å². The standard InChI is InChI=1S/C19H23N3O2/c23-19(16-4-2-9-21-16)22-10-7-18(24-13-14-5-6-14)17(22)11-15-3-1-8-20-12-15/h1-4,8-9,12,14,17-18,21H,5-7,10-11,13H2/t17-,18+/m0/s1. The van der Waals surface area contributed by atoms with Crippen LogP contribution in [0.25, 0.3) is 0 Å². The number of nitrogens with one attached hydrogen (secondary N) is 1. The molecule has 2 atom stereocenters. The molecule has 2 aromatic rings. The first-order valence-corrected chi connectivity index (χ1v) is 8.76. The molecule has 0 unspecified atom stereocenters. The van der Waals surface area contributed by atoms with Crippen molar-refractivity contribution in [3.8, 4) is 0 Å². The smallest absolute Gasteiger partial charge is 0.270 e. The van der Waals surface area contributed by atoms with Gasteiger partial charge in [0.1, 0.15) is 5.69 Å². The van der Waals surface area contributed by atoms with Gasteiger partial charge in [-0.3, -0.25) is 9.78 Å². The van der Waals surface area contributed by atoms with Crippen LogP contribution in [0.4, 0.5) is 0 Å². The second-order valence-corrected chi connectivity index (χ2v) is 6.82. The minimum atomic E-state index is 0.0615. The van der Waals surface area contributed by atoms with E-state index in [1.54, 1.807) is 12.4 Å². The molecule has 126 valence electrons. The Kier molecular flexibility index (Phi) is 4.34. The van der Waals surface area contributed by atoms with E-state index in [9.17, 15) is 4.79 Å². The average molecular weight is 325 g/mol. The molecule has 24 heavy (non-hydrogen) atoms. The highest BCUT2D eigenvalue weighted by Crippen LogP contribution is 2.32. The van der Waals surface area contributed by atoms with Gasteiger partial charge in [0.05, 0.1) is 12.1 Å². The number of pyridine rings is 1. The molecule has 1 aliphatic heterocycles. The van der Waals surface area contributed by atoms with Crippen molar-refractivity contribution in [2.75, 3.05) is 13.2 Å². The third-order valence-corrected chi connectivity index (χ3v) is 4.98. The second kappa shape index (κ2) is 6.77. The second-order valence-electron chi connectivity index (χ2n) is 6.82. The minimum absolute atomic E-state index is 0.0615. The summed E-state index contributed by atoms with van der Waals surface area (Å²) in [5.74, 6) is 0.795. The highest BCUT2D eigenvalue weighted by atomic mass is 16.5. The molecule has 0 radical (unpaired) electrons. The number of rotatable bonds is 6. The first-order valence-electron chi connectivity index (χ1n) is 8.76. The summed E-state index contributed by atoms with van der Waals surface area (Å²) in [5.41, 5.74) is 1.79. The van der Waals surface area contributed by atoms with Gasteiger partial charge < -0.3 is 14.6 Å². The van der Waals surface area contributed by atoms with E-state index in [-0.39, 0.29) is 18.1 Å². The fourth-order valence-corrected chi connectivity index (χ4v) is 3.44. The van der Waals surface area contributed by atoms with Gasteiger partial charge in [0.25, 0.3) is 5.91 Å². The van der Waals surface area contributed by atoms with Gasteiger partial charge >= 0.3 is 0 Å². The third-order valence-electron chi connectivity index (χ3n) is 4.98. The topological polar surface area (TPSA) is 58.2 Å². The lowest BCUT2D eigenvalue weighted by Crippen LogP contribution is -2.42. The van der Waals surface area contributed by atoms with Crippen LogP contribution in [0, 0.1) is 5.92 Å². The van der Waals surface area contributed by atoms with Crippen molar-refractivity contribution < 1.29 is 9.53 Å². The largest absolute Gasteiger partial charge is 0.376 e. The van der Waals surface area contributed by atoms with Crippen LogP contribution in [0.5, 0.6) is 0 Å². The summed E-state index contributed by atoms with van der Waals surface area (Å²) in [4.78, 5) is 22.0. The number of hydrogen-bond acceptors (Lipinski definition) is 3. The number of likely N-dealkylation sites (tertiary alicyclic amines) is 1. The average Bonchev–Trinajstić information content (AvgIpc) is 3.12. The lowest BCUT2D eigenvalue weighted by atomic mass is 10.0. The molecule has 1 amide bonds. The van der Waals surface area contributed by atoms with E-state index in [0.717, 1.165) is 37.5 Å². The van der Waals surface area contributed by atoms with E-state index >= 15 is 0 Å². The summed E-state index contributed by atoms with van der Waals surface area (Å²) < 4.78 is 6.18. The zero-order chi connectivity index (χ0) is 16.4. The predicted molar refractivity (Wildman–Crippen MR) is 90.6 cm³/mol. The molecule has 0 aromatic carbocycles. The first kappa shape index (κ1) is 15.4. The van der Waals surface area contributed by atoms with Crippen molar-refractivity contribution in [1.29, 1.82) is 0 Å². The maximum atomic E-state index is 12.8. The Morgan fingerprint density at radius 3 is 2.92 bits per heavy atom. The summed E-state index contributed by atoms with van der Waals surface area (Å²) in [6.07, 6.45) is 9.83. The molecule has 2 aromatic heterocycles. The Labute approximate surface area is 142 Å². The Hall–Kier alpha value is -2.14. The number of H-pyrrole nitrogens is 1. The molecule has 5 heteroatoms. The maximum absolute atomic E-state index is 12.8. The van der Waals surface area contributed by atoms with Crippen LogP contribution >= 0.6 is 0 Å². The molecule has 1 N–H and O–H groups in total. The molecule has 3 heterocycles. The van der Waals surface area contributed by atoms with Gasteiger partial charge in [-0.15, -0.1) is 0 Å². The van der Waals surface area contributed by atoms with Gasteiger partial charge in [-0.25, -0.2) is 0 Å². The van der Waals surface area contributed by atoms with E-state index < -0.39 is 0 Å². The summed E-state index contributed by atoms with van der Waals surface area (Å²) in [5, 5.41) is 0. The van der Waals surface area contributed by atoms with E-state index in [0.29, 0.717) is 5.69 Å². The summed E-state index contributed by atoms with van der Waals surface area (Å²) in [7, 11) is 0. The fourth-order valence-electron chi connectivity index (χ4n) is 3.44. The van der Waals surface area contributed by atoms with E-state index in [1.165, 1.54) is 12.8 Å². The van der Waals surface area contributed by atoms with Crippen molar-refractivity contribution in [1.82, 2.24) is 14.9 Å². The third kappa shape index (κ3) is 3.36. The number of aromatic amines is 1. The monoisotopic (exact) mass is 325 g/mol. The lowest BCUT2D eigenvalue weighted by Gasteiger charge is -2.28. The van der Waals surface area contributed by atoms with Crippen LogP contribution in [0.15, 0.2) is 42.9 Å². The lowest BCUT2D eigenvalue weighted by molar-refractivity contribution is 0.0198. The SMILES string of the molecule is O=C(c1ccc[nH]1)N1CC[C@@H](OCC2CC2)[C@@H]1Cc1cccnc1. The van der Waals surface area contributed by atoms with E-state index in [2.05, 4.69) is 16.0 Å². The molecule has 1 saturated heterocycles. The Balaban J connectivity index is 1.51. The molecule has 4 rings (SSSR count). The van der Waals surface area contributed by atoms with Gasteiger partial charge in [-0.1, -0.05) is 6.07 Å². The van der Waals surface area contributed by atoms with Crippen LogP contribution in [0.3, 0.4) is 0 Å². The highest BCUT2D eigenvalue weighted by molar-refractivity contribution is 5.92. The van der Waals surface area contributed by atoms with Crippen LogP contribution in [-0.4, -0.2) is 46.1 Å². The van der Waals surface area contributed by atoms with Crippen molar-refractivity contribution in [2.24, 2.45) is 5.92 Å². The first-order chi connectivity index (χ1) is 11.8. The Morgan fingerprint density at radius 2 is 2.21 bits per heavy atom. The predicted octanol–water partition coefficient (Wildman–Crippen LogP) is 2.66. The molecular formula is C19H23N3O2. The van der Waals surface area contributed by atoms with Crippen molar-refractivity contribution in [3.05, 3.63) is 54.1 Å². The molecule has 1 aliphatic carbocycles. The normalized spacial score (nSPS) is 23.6. The minimum Gasteiger partial charge on any atom is -0.376 e. The number of nitrogens with zero attached hydrogens (tertiary/aromatic N) is 2. The fraction of sp³-hybridized carbons (Fsp3) is 0.474. The van der Waals surface area contributed by atoms with E-state index in [4.69, 9.17) is 4.74 Å². The molecule has 0 bridgehead atoms. The van der Waals surface area contributed by atoms with Gasteiger partial charge in [0, 0.05) is 31.7 Å². The zero-order valence-electron chi connectivity index (χ0n) is 13.7. The number of ether oxygens (including phenoxy) is 1. The number of amides is 1. The van der Waals surface area contributed by atoms with Gasteiger partial charge in [-0.05, 0) is 55.4 Å². The Morgan fingerprint density at radius 1 is 1.29 bits per heavy atom. The highest BCUT2D eigenvalue weighted by Gasteiger charge is 2.39. The number of aromatic nitrogens is 2. The summed E-state index contributed by atoms with van der Waals surface area (Å²) in [6.45, 7) is 1.58. The van der Waals surface area contributed by atoms with Crippen molar-refractivity contribution in [2.45, 2.75) is 37.8 Å². The van der Waals surface area contributed by atoms with E-state index in [1.807, 2.05) is 29.3 Å². The molecule has 2 aliphatic rings. The van der Waals surface area contributed by atoms with Crippen molar-refractivity contribution in [3.63, 3.8) is 0 Å². The number of carbonyl (C=O) groups is 1. The molecule has 5 nitrogen and oxygen atoms in total. The quantitative estimate of drug-likeness (QED) is 0.888. The molecule has 0 spiro atoms. The number of carbonyl (C=O) groups excluding carboxylic acids is 1. The Bertz CT molecular complexity index is 667. The van der Waals surface area contributed by atoms with Gasteiger partial charge in [-0.2, -0.15) is 0 Å². The van der Waals surface area contributed by atoms with Crippen LogP contribution in [-0.2, 0) is 11.2 Å². The van der Waals surface area contributed by atoms with Crippen LogP contribution < -0.4 is 0 Å². The van der Waals surface area contributed by atoms with Crippen LogP contribution in [0.2, 0.25) is 0 Å². The molecular weight excluding hydrogens is 302 g/mol. The molecule has 1 saturated carbocycles. The zero-order valence-corrected chi connectivity index (χ0v) is 13.7. The maximum Gasteiger partial charge on any atom is 0.270 e. The molecule has 2 fully saturated rings. The van der Waals surface area contributed by atoms with Gasteiger partial charge in [0.2, 0.25) is 0 Å². The van der Waals surface area contributed by atoms with Crippen LogP contribution in [0.1, 0.15) is 35.3 Å².